The third-order valence-corrected chi connectivity index (χ3v) is 5.00. The minimum absolute atomic E-state index is 0.0113. The van der Waals surface area contributed by atoms with Gasteiger partial charge in [0.1, 0.15) is 6.10 Å². The lowest BCUT2D eigenvalue weighted by molar-refractivity contribution is -0.138. The van der Waals surface area contributed by atoms with Crippen LogP contribution >= 0.6 is 0 Å². The van der Waals surface area contributed by atoms with Crippen LogP contribution in [0, 0.1) is 12.7 Å². The molecule has 0 aliphatic carbocycles. The highest BCUT2D eigenvalue weighted by Gasteiger charge is 2.32. The number of alkyl halides is 3. The van der Waals surface area contributed by atoms with E-state index in [-0.39, 0.29) is 18.0 Å². The van der Waals surface area contributed by atoms with Gasteiger partial charge in [0.05, 0.1) is 23.5 Å². The van der Waals surface area contributed by atoms with Crippen molar-refractivity contribution in [2.24, 2.45) is 0 Å². The van der Waals surface area contributed by atoms with E-state index in [0.29, 0.717) is 23.6 Å². The smallest absolute Gasteiger partial charge is 0.417 e. The van der Waals surface area contributed by atoms with Gasteiger partial charge < -0.3 is 10.1 Å². The molecule has 3 aromatic rings. The number of hydrogen-bond donors (Lipinski definition) is 1. The van der Waals surface area contributed by atoms with Crippen molar-refractivity contribution in [1.82, 2.24) is 30.3 Å². The second-order valence-electron chi connectivity index (χ2n) is 7.35. The molecule has 4 rings (SSSR count). The Morgan fingerprint density at radius 3 is 2.55 bits per heavy atom. The Morgan fingerprint density at radius 1 is 1.21 bits per heavy atom. The summed E-state index contributed by atoms with van der Waals surface area (Å²) in [4.78, 5) is 19.7. The zero-order chi connectivity index (χ0) is 24.0. The standard InChI is InChI=1S/C12H14F4N2O.C9H8N4O/c1-7-10(3-2-4-17-7)19-11-9(13)5-8(6-18-11)12(14,15)16;1-7-2-3-10-9(8(7)6-14)13-11-4-5-12-13/h5-7,10,17H,2-4H2,1H3;2-6H,1H3/t7-,10+;/m0./s1. The van der Waals surface area contributed by atoms with Gasteiger partial charge in [-0.05, 0) is 50.9 Å². The lowest BCUT2D eigenvalue weighted by Gasteiger charge is -2.30. The van der Waals surface area contributed by atoms with E-state index in [4.69, 9.17) is 4.74 Å². The average Bonchev–Trinajstić information content (AvgIpc) is 3.31. The summed E-state index contributed by atoms with van der Waals surface area (Å²) in [7, 11) is 0. The van der Waals surface area contributed by atoms with Crippen molar-refractivity contribution < 1.29 is 27.1 Å². The third kappa shape index (κ3) is 6.09. The molecule has 1 N–H and O–H groups in total. The number of hydrogen-bond acceptors (Lipinski definition) is 7. The molecule has 0 unspecified atom stereocenters. The van der Waals surface area contributed by atoms with Gasteiger partial charge in [-0.2, -0.15) is 23.4 Å². The van der Waals surface area contributed by atoms with Crippen LogP contribution in [0.1, 0.15) is 41.3 Å². The molecule has 1 saturated heterocycles. The van der Waals surface area contributed by atoms with E-state index in [1.807, 2.05) is 13.8 Å². The second kappa shape index (κ2) is 10.5. The van der Waals surface area contributed by atoms with Gasteiger partial charge in [0.15, 0.2) is 17.9 Å². The number of aromatic nitrogens is 5. The fourth-order valence-electron chi connectivity index (χ4n) is 3.17. The molecule has 0 radical (unpaired) electrons. The minimum atomic E-state index is -4.61. The summed E-state index contributed by atoms with van der Waals surface area (Å²) in [5.74, 6) is -1.01. The number of rotatable bonds is 4. The summed E-state index contributed by atoms with van der Waals surface area (Å²) < 4.78 is 56.0. The number of pyridine rings is 2. The molecule has 0 amide bonds. The summed E-state index contributed by atoms with van der Waals surface area (Å²) in [6, 6.07) is 2.19. The molecule has 0 bridgehead atoms. The first-order valence-corrected chi connectivity index (χ1v) is 10.1. The molecule has 4 heterocycles. The van der Waals surface area contributed by atoms with Crippen molar-refractivity contribution in [2.45, 2.75) is 45.0 Å². The number of nitrogens with zero attached hydrogens (tertiary/aromatic N) is 5. The van der Waals surface area contributed by atoms with E-state index in [9.17, 15) is 22.4 Å². The molecule has 0 saturated carbocycles. The first-order chi connectivity index (χ1) is 15.7. The highest BCUT2D eigenvalue weighted by molar-refractivity contribution is 5.81. The number of nitrogens with one attached hydrogen (secondary N) is 1. The molecule has 3 aromatic heterocycles. The molecule has 0 aromatic carbocycles. The molecular weight excluding hydrogens is 444 g/mol. The van der Waals surface area contributed by atoms with Gasteiger partial charge in [-0.15, -0.1) is 4.80 Å². The van der Waals surface area contributed by atoms with Gasteiger partial charge in [0.25, 0.3) is 5.88 Å². The largest absolute Gasteiger partial charge is 0.471 e. The lowest BCUT2D eigenvalue weighted by atomic mass is 10.0. The summed E-state index contributed by atoms with van der Waals surface area (Å²) in [5.41, 5.74) is 0.262. The molecule has 12 heteroatoms. The minimum Gasteiger partial charge on any atom is -0.471 e. The molecule has 8 nitrogen and oxygen atoms in total. The number of aryl methyl sites for hydroxylation is 1. The molecular formula is C21H22F4N6O2. The van der Waals surface area contributed by atoms with Crippen LogP contribution in [0.2, 0.25) is 0 Å². The van der Waals surface area contributed by atoms with Crippen molar-refractivity contribution in [3.8, 4) is 11.7 Å². The number of carbonyl (C=O) groups excluding carboxylic acids is 1. The first-order valence-electron chi connectivity index (χ1n) is 10.1. The lowest BCUT2D eigenvalue weighted by Crippen LogP contribution is -2.45. The Morgan fingerprint density at radius 2 is 1.94 bits per heavy atom. The van der Waals surface area contributed by atoms with Gasteiger partial charge in [-0.1, -0.05) is 0 Å². The maximum Gasteiger partial charge on any atom is 0.417 e. The summed E-state index contributed by atoms with van der Waals surface area (Å²) >= 11 is 0. The van der Waals surface area contributed by atoms with E-state index in [0.717, 1.165) is 31.2 Å². The van der Waals surface area contributed by atoms with Crippen LogP contribution in [0.3, 0.4) is 0 Å². The van der Waals surface area contributed by atoms with Gasteiger partial charge in [0.2, 0.25) is 0 Å². The molecule has 2 atom stereocenters. The van der Waals surface area contributed by atoms with Crippen molar-refractivity contribution >= 4 is 6.29 Å². The van der Waals surface area contributed by atoms with Crippen molar-refractivity contribution in [3.05, 3.63) is 59.4 Å². The summed E-state index contributed by atoms with van der Waals surface area (Å²) in [6.45, 7) is 4.58. The molecule has 1 aliphatic rings. The quantitative estimate of drug-likeness (QED) is 0.464. The van der Waals surface area contributed by atoms with Crippen LogP contribution in [-0.4, -0.2) is 49.9 Å². The van der Waals surface area contributed by atoms with E-state index in [2.05, 4.69) is 25.5 Å². The zero-order valence-corrected chi connectivity index (χ0v) is 17.9. The molecule has 33 heavy (non-hydrogen) atoms. The average molecular weight is 466 g/mol. The second-order valence-corrected chi connectivity index (χ2v) is 7.35. The van der Waals surface area contributed by atoms with Gasteiger partial charge in [0, 0.05) is 18.4 Å². The van der Waals surface area contributed by atoms with Crippen LogP contribution in [0.25, 0.3) is 5.82 Å². The Balaban J connectivity index is 0.000000194. The van der Waals surface area contributed by atoms with Crippen LogP contribution < -0.4 is 10.1 Å². The van der Waals surface area contributed by atoms with Crippen LogP contribution in [0.15, 0.2) is 36.9 Å². The highest BCUT2D eigenvalue weighted by Crippen LogP contribution is 2.31. The van der Waals surface area contributed by atoms with Crippen molar-refractivity contribution in [3.63, 3.8) is 0 Å². The van der Waals surface area contributed by atoms with E-state index >= 15 is 0 Å². The van der Waals surface area contributed by atoms with Gasteiger partial charge >= 0.3 is 6.18 Å². The molecule has 0 spiro atoms. The predicted octanol–water partition coefficient (Wildman–Crippen LogP) is 3.54. The van der Waals surface area contributed by atoms with Crippen LogP contribution in [0.5, 0.6) is 5.88 Å². The van der Waals surface area contributed by atoms with E-state index < -0.39 is 17.6 Å². The number of ether oxygens (including phenoxy) is 1. The van der Waals surface area contributed by atoms with Crippen molar-refractivity contribution in [1.29, 1.82) is 0 Å². The number of carbonyl (C=O) groups is 1. The van der Waals surface area contributed by atoms with Gasteiger partial charge in [-0.25, -0.2) is 14.4 Å². The molecule has 1 fully saturated rings. The maximum absolute atomic E-state index is 13.6. The third-order valence-electron chi connectivity index (χ3n) is 5.00. The van der Waals surface area contributed by atoms with Crippen molar-refractivity contribution in [2.75, 3.05) is 6.54 Å². The number of halogens is 4. The first kappa shape index (κ1) is 24.2. The maximum atomic E-state index is 13.6. The zero-order valence-electron chi connectivity index (χ0n) is 17.9. The van der Waals surface area contributed by atoms with E-state index in [1.54, 1.807) is 24.7 Å². The summed E-state index contributed by atoms with van der Waals surface area (Å²) in [6.07, 6.45) is 2.76. The van der Waals surface area contributed by atoms with Crippen LogP contribution in [-0.2, 0) is 6.18 Å². The predicted molar refractivity (Wildman–Crippen MR) is 110 cm³/mol. The monoisotopic (exact) mass is 466 g/mol. The SMILES string of the molecule is C[C@@H]1NCCC[C@H]1Oc1ncc(C(F)(F)F)cc1F.Cc1ccnc(-n2nccn2)c1C=O. The topological polar surface area (TPSA) is 94.8 Å². The summed E-state index contributed by atoms with van der Waals surface area (Å²) in [5, 5.41) is 11.0. The fraction of sp³-hybridized carbons (Fsp3) is 0.381. The number of aldehydes is 1. The Bertz CT molecular complexity index is 1080. The Kier molecular flexibility index (Phi) is 7.69. The Labute approximate surface area is 187 Å². The van der Waals surface area contributed by atoms with Crippen LogP contribution in [0.4, 0.5) is 17.6 Å². The van der Waals surface area contributed by atoms with Gasteiger partial charge in [-0.3, -0.25) is 4.79 Å². The fourth-order valence-corrected chi connectivity index (χ4v) is 3.17. The Hall–Kier alpha value is -3.41. The highest BCUT2D eigenvalue weighted by atomic mass is 19.4. The number of piperidine rings is 1. The normalized spacial score (nSPS) is 18.2. The molecule has 176 valence electrons. The molecule has 1 aliphatic heterocycles. The van der Waals surface area contributed by atoms with E-state index in [1.165, 1.54) is 4.80 Å².